The van der Waals surface area contributed by atoms with Crippen LogP contribution in [0.2, 0.25) is 0 Å². The van der Waals surface area contributed by atoms with Crippen LogP contribution in [0.3, 0.4) is 0 Å². The summed E-state index contributed by atoms with van der Waals surface area (Å²) in [7, 11) is 0. The minimum atomic E-state index is -0.958. The van der Waals surface area contributed by atoms with E-state index in [0.29, 0.717) is 16.5 Å². The average molecular weight is 505 g/mol. The van der Waals surface area contributed by atoms with Gasteiger partial charge in [0.05, 0.1) is 17.2 Å². The Morgan fingerprint density at radius 2 is 1.88 bits per heavy atom. The van der Waals surface area contributed by atoms with E-state index >= 15 is 0 Å². The Bertz CT molecular complexity index is 1050. The van der Waals surface area contributed by atoms with Gasteiger partial charge in [0.15, 0.2) is 0 Å². The lowest BCUT2D eigenvalue weighted by Gasteiger charge is -2.27. The van der Waals surface area contributed by atoms with Crippen molar-refractivity contribution in [2.24, 2.45) is 0 Å². The zero-order valence-corrected chi connectivity index (χ0v) is 19.6. The van der Waals surface area contributed by atoms with Crippen LogP contribution >= 0.6 is 15.9 Å². The number of carbonyl (C=O) groups excluding carboxylic acids is 2. The molecule has 0 aliphatic carbocycles. The molecule has 1 aliphatic heterocycles. The monoisotopic (exact) mass is 504 g/mol. The van der Waals surface area contributed by atoms with Gasteiger partial charge >= 0.3 is 0 Å². The van der Waals surface area contributed by atoms with Gasteiger partial charge in [0.1, 0.15) is 17.3 Å². The molecule has 32 heavy (non-hydrogen) atoms. The minimum absolute atomic E-state index is 0.0157. The predicted octanol–water partition coefficient (Wildman–Crippen LogP) is 4.45. The molecule has 1 fully saturated rings. The number of nitrogens with zero attached hydrogens (tertiary/aromatic N) is 2. The molecule has 6 nitrogen and oxygen atoms in total. The number of aliphatic hydroxyl groups excluding tert-OH is 1. The molecule has 0 radical (unpaired) electrons. The maximum absolute atomic E-state index is 14.0. The van der Waals surface area contributed by atoms with Gasteiger partial charge in [0.2, 0.25) is 0 Å². The maximum atomic E-state index is 14.0. The lowest BCUT2D eigenvalue weighted by atomic mass is 9.95. The molecule has 0 spiro atoms. The van der Waals surface area contributed by atoms with Gasteiger partial charge in [-0.3, -0.25) is 9.59 Å². The van der Waals surface area contributed by atoms with Crippen molar-refractivity contribution >= 4 is 33.4 Å². The van der Waals surface area contributed by atoms with Gasteiger partial charge < -0.3 is 20.0 Å². The Balaban J connectivity index is 2.08. The number of rotatable bonds is 8. The van der Waals surface area contributed by atoms with Crippen molar-refractivity contribution in [1.82, 2.24) is 9.80 Å². The summed E-state index contributed by atoms with van der Waals surface area (Å²) in [6.07, 6.45) is 0.614. The van der Waals surface area contributed by atoms with Crippen LogP contribution < -0.4 is 0 Å². The summed E-state index contributed by atoms with van der Waals surface area (Å²) in [5.74, 6) is -2.87. The van der Waals surface area contributed by atoms with Crippen LogP contribution in [0.25, 0.3) is 5.76 Å². The van der Waals surface area contributed by atoms with Gasteiger partial charge in [-0.15, -0.1) is 0 Å². The van der Waals surface area contributed by atoms with Crippen molar-refractivity contribution < 1.29 is 24.2 Å². The molecule has 1 amide bonds. The van der Waals surface area contributed by atoms with Crippen LogP contribution in [0, 0.1) is 5.82 Å². The van der Waals surface area contributed by atoms with Crippen molar-refractivity contribution in [1.29, 1.82) is 0 Å². The average Bonchev–Trinajstić information content (AvgIpc) is 3.03. The normalized spacial score (nSPS) is 18.0. The lowest BCUT2D eigenvalue weighted by Crippen LogP contribution is -2.33. The van der Waals surface area contributed by atoms with E-state index in [2.05, 4.69) is 20.8 Å². The highest BCUT2D eigenvalue weighted by atomic mass is 79.9. The second-order valence-corrected chi connectivity index (χ2v) is 8.51. The van der Waals surface area contributed by atoms with Crippen LogP contribution in [-0.2, 0) is 9.59 Å². The molecule has 8 heteroatoms. The van der Waals surface area contributed by atoms with E-state index < -0.39 is 29.3 Å². The SMILES string of the molecule is CCN(CC)CCCN1C(=O)C(=O)C(=C(O)c2cc(Br)ccc2O)[C@H]1c1cccc(F)c1. The Kier molecular flexibility index (Phi) is 7.69. The number of hydrogen-bond donors (Lipinski definition) is 2. The summed E-state index contributed by atoms with van der Waals surface area (Å²) >= 11 is 3.28. The number of phenolic OH excluding ortho intramolecular Hbond substituents is 1. The van der Waals surface area contributed by atoms with E-state index in [0.717, 1.165) is 19.6 Å². The molecule has 2 aromatic rings. The molecule has 0 saturated carbocycles. The topological polar surface area (TPSA) is 81.1 Å². The Morgan fingerprint density at radius 1 is 1.16 bits per heavy atom. The predicted molar refractivity (Wildman–Crippen MR) is 124 cm³/mol. The van der Waals surface area contributed by atoms with Crippen LogP contribution in [0.15, 0.2) is 52.5 Å². The number of phenols is 1. The molecule has 1 heterocycles. The van der Waals surface area contributed by atoms with E-state index in [1.807, 2.05) is 13.8 Å². The van der Waals surface area contributed by atoms with E-state index in [4.69, 9.17) is 0 Å². The number of ketones is 1. The fourth-order valence-electron chi connectivity index (χ4n) is 3.98. The Morgan fingerprint density at radius 3 is 2.53 bits per heavy atom. The molecule has 1 atom stereocenters. The number of hydrogen-bond acceptors (Lipinski definition) is 5. The first-order valence-corrected chi connectivity index (χ1v) is 11.3. The molecule has 2 aromatic carbocycles. The van der Waals surface area contributed by atoms with Gasteiger partial charge in [-0.2, -0.15) is 0 Å². The number of aromatic hydroxyl groups is 1. The molecule has 0 bridgehead atoms. The van der Waals surface area contributed by atoms with Crippen molar-refractivity contribution in [2.75, 3.05) is 26.2 Å². The lowest BCUT2D eigenvalue weighted by molar-refractivity contribution is -0.140. The molecule has 1 saturated heterocycles. The summed E-state index contributed by atoms with van der Waals surface area (Å²) in [4.78, 5) is 29.5. The highest BCUT2D eigenvalue weighted by molar-refractivity contribution is 9.10. The summed E-state index contributed by atoms with van der Waals surface area (Å²) in [6.45, 7) is 6.83. The zero-order valence-electron chi connectivity index (χ0n) is 18.0. The summed E-state index contributed by atoms with van der Waals surface area (Å²) in [5.41, 5.74) is 0.224. The second-order valence-electron chi connectivity index (χ2n) is 7.59. The first-order chi connectivity index (χ1) is 15.3. The largest absolute Gasteiger partial charge is 0.507 e. The molecule has 1 aliphatic rings. The number of aliphatic hydroxyl groups is 1. The van der Waals surface area contributed by atoms with E-state index in [-0.39, 0.29) is 23.4 Å². The number of amides is 1. The standard InChI is InChI=1S/C24H26BrFN2O4/c1-3-27(4-2)11-6-12-28-21(15-7-5-8-17(26)13-15)20(23(31)24(28)32)22(30)18-14-16(25)9-10-19(18)29/h5,7-10,13-14,21,29-30H,3-4,6,11-12H2,1-2H3/t21-/m1/s1. The van der Waals surface area contributed by atoms with Crippen LogP contribution in [-0.4, -0.2) is 57.9 Å². The number of Topliss-reactive ketones (excluding diaryl/α,β-unsaturated/α-hetero) is 1. The molecule has 170 valence electrons. The highest BCUT2D eigenvalue weighted by Crippen LogP contribution is 2.41. The van der Waals surface area contributed by atoms with Crippen molar-refractivity contribution in [3.63, 3.8) is 0 Å². The van der Waals surface area contributed by atoms with Crippen molar-refractivity contribution in [3.05, 3.63) is 69.5 Å². The third kappa shape index (κ3) is 4.86. The highest BCUT2D eigenvalue weighted by Gasteiger charge is 2.46. The summed E-state index contributed by atoms with van der Waals surface area (Å²) in [6, 6.07) is 9.10. The molecule has 0 aromatic heterocycles. The fraction of sp³-hybridized carbons (Fsp3) is 0.333. The first-order valence-electron chi connectivity index (χ1n) is 10.5. The number of halogens is 2. The van der Waals surface area contributed by atoms with Gasteiger partial charge in [-0.25, -0.2) is 4.39 Å². The van der Waals surface area contributed by atoms with Crippen molar-refractivity contribution in [2.45, 2.75) is 26.3 Å². The van der Waals surface area contributed by atoms with Gasteiger partial charge in [0.25, 0.3) is 11.7 Å². The number of carbonyl (C=O) groups is 2. The molecule has 3 rings (SSSR count). The third-order valence-electron chi connectivity index (χ3n) is 5.69. The van der Waals surface area contributed by atoms with Gasteiger partial charge in [-0.1, -0.05) is 41.9 Å². The molecule has 2 N–H and O–H groups in total. The Labute approximate surface area is 195 Å². The third-order valence-corrected chi connectivity index (χ3v) is 6.18. The zero-order chi connectivity index (χ0) is 23.4. The van der Waals surface area contributed by atoms with Crippen molar-refractivity contribution in [3.8, 4) is 5.75 Å². The van der Waals surface area contributed by atoms with Crippen LogP contribution in [0.4, 0.5) is 4.39 Å². The molecule has 0 unspecified atom stereocenters. The number of likely N-dealkylation sites (tertiary alicyclic amines) is 1. The van der Waals surface area contributed by atoms with E-state index in [1.165, 1.54) is 35.2 Å². The maximum Gasteiger partial charge on any atom is 0.295 e. The first kappa shape index (κ1) is 23.9. The van der Waals surface area contributed by atoms with E-state index in [1.54, 1.807) is 12.1 Å². The van der Waals surface area contributed by atoms with Gasteiger partial charge in [0, 0.05) is 11.0 Å². The summed E-state index contributed by atoms with van der Waals surface area (Å²) in [5, 5.41) is 21.3. The van der Waals surface area contributed by atoms with Crippen LogP contribution in [0.5, 0.6) is 5.75 Å². The Hall–Kier alpha value is -2.71. The van der Waals surface area contributed by atoms with Crippen LogP contribution in [0.1, 0.15) is 37.4 Å². The quantitative estimate of drug-likeness (QED) is 0.315. The molecular weight excluding hydrogens is 479 g/mol. The summed E-state index contributed by atoms with van der Waals surface area (Å²) < 4.78 is 14.6. The molecular formula is C24H26BrFN2O4. The minimum Gasteiger partial charge on any atom is -0.507 e. The van der Waals surface area contributed by atoms with E-state index in [9.17, 15) is 24.2 Å². The number of benzene rings is 2. The smallest absolute Gasteiger partial charge is 0.295 e. The fourth-order valence-corrected chi connectivity index (χ4v) is 4.34. The second kappa shape index (κ2) is 10.3. The van der Waals surface area contributed by atoms with Gasteiger partial charge in [-0.05, 0) is 62.0 Å².